The van der Waals surface area contributed by atoms with Gasteiger partial charge in [-0.25, -0.2) is 4.79 Å². The van der Waals surface area contributed by atoms with Crippen molar-refractivity contribution >= 4 is 6.09 Å². The third kappa shape index (κ3) is 4.82. The molecule has 0 aromatic heterocycles. The molecule has 0 saturated carbocycles. The molecule has 0 atom stereocenters. The Hall–Kier alpha value is -1.51. The number of hydrogen-bond donors (Lipinski definition) is 0. The normalized spacial score (nSPS) is 8.81. The van der Waals surface area contributed by atoms with Crippen molar-refractivity contribution in [1.29, 1.82) is 0 Å². The maximum absolute atomic E-state index is 11.3. The lowest BCUT2D eigenvalue weighted by Crippen LogP contribution is -2.29. The van der Waals surface area contributed by atoms with Crippen LogP contribution < -0.4 is 4.74 Å². The second-order valence-corrected chi connectivity index (χ2v) is 3.20. The maximum Gasteiger partial charge on any atom is 0.414 e. The van der Waals surface area contributed by atoms with E-state index in [1.54, 1.807) is 19.2 Å². The minimum absolute atomic E-state index is 0.323. The van der Waals surface area contributed by atoms with Crippen molar-refractivity contribution in [3.05, 3.63) is 29.8 Å². The number of ether oxygens (including phenoxy) is 1. The molecule has 0 unspecified atom stereocenters. The topological polar surface area (TPSA) is 29.5 Å². The first kappa shape index (κ1) is 14.5. The molecule has 0 aliphatic carbocycles. The van der Waals surface area contributed by atoms with Crippen molar-refractivity contribution in [3.63, 3.8) is 0 Å². The van der Waals surface area contributed by atoms with Gasteiger partial charge < -0.3 is 9.64 Å². The Kier molecular flexibility index (Phi) is 7.01. The highest BCUT2D eigenvalue weighted by molar-refractivity contribution is 5.70. The number of carbonyl (C=O) groups is 1. The summed E-state index contributed by atoms with van der Waals surface area (Å²) in [7, 11) is 1.70. The molecule has 0 aliphatic rings. The molecule has 0 radical (unpaired) electrons. The van der Waals surface area contributed by atoms with Crippen LogP contribution in [0.1, 0.15) is 26.3 Å². The molecular weight excluding hydrogens is 202 g/mol. The van der Waals surface area contributed by atoms with E-state index < -0.39 is 0 Å². The largest absolute Gasteiger partial charge is 0.414 e. The zero-order chi connectivity index (χ0) is 12.6. The van der Waals surface area contributed by atoms with Gasteiger partial charge in [-0.2, -0.15) is 0 Å². The molecule has 1 rings (SSSR count). The number of nitrogens with zero attached hydrogens (tertiary/aromatic N) is 1. The van der Waals surface area contributed by atoms with Gasteiger partial charge >= 0.3 is 6.09 Å². The van der Waals surface area contributed by atoms with E-state index in [0.29, 0.717) is 12.3 Å². The van der Waals surface area contributed by atoms with Crippen molar-refractivity contribution in [1.82, 2.24) is 4.90 Å². The summed E-state index contributed by atoms with van der Waals surface area (Å²) in [6.07, 6.45) is -0.323. The second-order valence-electron chi connectivity index (χ2n) is 3.20. The zero-order valence-electron chi connectivity index (χ0n) is 10.8. The van der Waals surface area contributed by atoms with Crippen molar-refractivity contribution < 1.29 is 9.53 Å². The maximum atomic E-state index is 11.3. The highest BCUT2D eigenvalue weighted by Gasteiger charge is 2.08. The highest BCUT2D eigenvalue weighted by atomic mass is 16.6. The van der Waals surface area contributed by atoms with Gasteiger partial charge in [0.1, 0.15) is 5.75 Å². The van der Waals surface area contributed by atoms with Crippen molar-refractivity contribution in [2.75, 3.05) is 13.6 Å². The van der Waals surface area contributed by atoms with Gasteiger partial charge in [0.15, 0.2) is 0 Å². The summed E-state index contributed by atoms with van der Waals surface area (Å²) in [6, 6.07) is 7.40. The number of aryl methyl sites for hydroxylation is 1. The molecule has 3 heteroatoms. The Morgan fingerprint density at radius 1 is 1.25 bits per heavy atom. The van der Waals surface area contributed by atoms with Gasteiger partial charge in [-0.05, 0) is 26.0 Å². The van der Waals surface area contributed by atoms with E-state index in [0.717, 1.165) is 5.56 Å². The molecule has 1 aromatic carbocycles. The molecule has 0 aliphatic heterocycles. The van der Waals surface area contributed by atoms with Crippen LogP contribution in [-0.2, 0) is 0 Å². The van der Waals surface area contributed by atoms with Crippen LogP contribution in [0.25, 0.3) is 0 Å². The first-order chi connectivity index (χ1) is 7.63. The lowest BCUT2D eigenvalue weighted by molar-refractivity contribution is 0.165. The predicted molar refractivity (Wildman–Crippen MR) is 66.9 cm³/mol. The van der Waals surface area contributed by atoms with Gasteiger partial charge in [-0.3, -0.25) is 0 Å². The molecule has 0 heterocycles. The van der Waals surface area contributed by atoms with Crippen LogP contribution in [0, 0.1) is 6.92 Å². The lowest BCUT2D eigenvalue weighted by atomic mass is 10.2. The Labute approximate surface area is 98.0 Å². The lowest BCUT2D eigenvalue weighted by Gasteiger charge is -2.13. The van der Waals surface area contributed by atoms with Crippen molar-refractivity contribution in [3.8, 4) is 5.75 Å². The molecule has 0 N–H and O–H groups in total. The Morgan fingerprint density at radius 3 is 2.19 bits per heavy atom. The SMILES string of the molecule is CC.CCN(C)C(=O)Oc1ccc(C)cc1. The Balaban J connectivity index is 0.00000106. The first-order valence-corrected chi connectivity index (χ1v) is 5.63. The fourth-order valence-corrected chi connectivity index (χ4v) is 0.914. The summed E-state index contributed by atoms with van der Waals surface area (Å²) in [5, 5.41) is 0. The Morgan fingerprint density at radius 2 is 1.75 bits per heavy atom. The molecule has 1 aromatic rings. The van der Waals surface area contributed by atoms with Crippen LogP contribution in [0.2, 0.25) is 0 Å². The molecule has 0 saturated heterocycles. The van der Waals surface area contributed by atoms with Gasteiger partial charge in [0, 0.05) is 13.6 Å². The van der Waals surface area contributed by atoms with Crippen LogP contribution in [0.3, 0.4) is 0 Å². The summed E-state index contributed by atoms with van der Waals surface area (Å²) < 4.78 is 5.11. The molecule has 0 fully saturated rings. The van der Waals surface area contributed by atoms with E-state index in [4.69, 9.17) is 4.74 Å². The third-order valence-corrected chi connectivity index (χ3v) is 2.01. The number of rotatable bonds is 2. The van der Waals surface area contributed by atoms with Crippen molar-refractivity contribution in [2.24, 2.45) is 0 Å². The molecule has 3 nitrogen and oxygen atoms in total. The minimum atomic E-state index is -0.323. The van der Waals surface area contributed by atoms with Crippen LogP contribution in [-0.4, -0.2) is 24.6 Å². The van der Waals surface area contributed by atoms with E-state index in [-0.39, 0.29) is 6.09 Å². The molecule has 0 bridgehead atoms. The average molecular weight is 223 g/mol. The standard InChI is InChI=1S/C11H15NO2.C2H6/c1-4-12(3)11(13)14-10-7-5-9(2)6-8-10;1-2/h5-8H,4H2,1-3H3;1-2H3. The van der Waals surface area contributed by atoms with E-state index in [1.807, 2.05) is 39.8 Å². The van der Waals surface area contributed by atoms with E-state index in [9.17, 15) is 4.79 Å². The minimum Gasteiger partial charge on any atom is -0.410 e. The number of benzene rings is 1. The van der Waals surface area contributed by atoms with Crippen molar-refractivity contribution in [2.45, 2.75) is 27.7 Å². The zero-order valence-corrected chi connectivity index (χ0v) is 10.8. The summed E-state index contributed by atoms with van der Waals surface area (Å²) in [4.78, 5) is 12.8. The van der Waals surface area contributed by atoms with Gasteiger partial charge in [-0.1, -0.05) is 31.5 Å². The van der Waals surface area contributed by atoms with Gasteiger partial charge in [0.05, 0.1) is 0 Å². The van der Waals surface area contributed by atoms with Gasteiger partial charge in [0.2, 0.25) is 0 Å². The number of carbonyl (C=O) groups excluding carboxylic acids is 1. The number of amides is 1. The van der Waals surface area contributed by atoms with Crippen LogP contribution in [0.5, 0.6) is 5.75 Å². The fourth-order valence-electron chi connectivity index (χ4n) is 0.914. The second kappa shape index (κ2) is 7.74. The molecule has 0 spiro atoms. The summed E-state index contributed by atoms with van der Waals surface area (Å²) in [5.41, 5.74) is 1.15. The van der Waals surface area contributed by atoms with E-state index in [2.05, 4.69) is 0 Å². The smallest absolute Gasteiger partial charge is 0.410 e. The fraction of sp³-hybridized carbons (Fsp3) is 0.462. The van der Waals surface area contributed by atoms with Crippen LogP contribution in [0.4, 0.5) is 4.79 Å². The molecule has 16 heavy (non-hydrogen) atoms. The summed E-state index contributed by atoms with van der Waals surface area (Å²) in [6.45, 7) is 8.53. The highest BCUT2D eigenvalue weighted by Crippen LogP contribution is 2.12. The monoisotopic (exact) mass is 223 g/mol. The van der Waals surface area contributed by atoms with Gasteiger partial charge in [-0.15, -0.1) is 0 Å². The molecule has 1 amide bonds. The van der Waals surface area contributed by atoms with Gasteiger partial charge in [0.25, 0.3) is 0 Å². The van der Waals surface area contributed by atoms with E-state index >= 15 is 0 Å². The molecule has 90 valence electrons. The number of hydrogen-bond acceptors (Lipinski definition) is 2. The summed E-state index contributed by atoms with van der Waals surface area (Å²) in [5.74, 6) is 0.584. The Bertz CT molecular complexity index is 306. The average Bonchev–Trinajstić information content (AvgIpc) is 2.33. The predicted octanol–water partition coefficient (Wildman–Crippen LogP) is 3.47. The summed E-state index contributed by atoms with van der Waals surface area (Å²) >= 11 is 0. The van der Waals surface area contributed by atoms with Crippen LogP contribution >= 0.6 is 0 Å². The van der Waals surface area contributed by atoms with Crippen LogP contribution in [0.15, 0.2) is 24.3 Å². The first-order valence-electron chi connectivity index (χ1n) is 5.63. The third-order valence-electron chi connectivity index (χ3n) is 2.01. The quantitative estimate of drug-likeness (QED) is 0.768. The molecular formula is C13H21NO2. The van der Waals surface area contributed by atoms with E-state index in [1.165, 1.54) is 4.90 Å².